The number of nitrogens with one attached hydrogen (secondary N) is 2. The standard InChI is InChI=1S/C16H20ClN3O5S/c1-3-10-12(16(23)20-19-10)15(22)9-5-6-11(26(2,24)25)14(13(9)17)18-7-4-8-21/h5-6,18,21H,3-4,7-8H2,1-2H3,(H2,19,20,23). The molecule has 1 aromatic carbocycles. The van der Waals surface area contributed by atoms with Crippen molar-refractivity contribution in [2.75, 3.05) is 24.7 Å². The van der Waals surface area contributed by atoms with Crippen LogP contribution >= 0.6 is 11.6 Å². The van der Waals surface area contributed by atoms with E-state index in [9.17, 15) is 18.3 Å². The van der Waals surface area contributed by atoms with Crippen molar-refractivity contribution in [2.24, 2.45) is 0 Å². The fourth-order valence-corrected chi connectivity index (χ4v) is 3.73. The van der Waals surface area contributed by atoms with Crippen molar-refractivity contribution in [1.29, 1.82) is 0 Å². The van der Waals surface area contributed by atoms with Gasteiger partial charge in [0.15, 0.2) is 9.84 Å². The van der Waals surface area contributed by atoms with E-state index in [2.05, 4.69) is 15.5 Å². The minimum absolute atomic E-state index is 0.00261. The van der Waals surface area contributed by atoms with Crippen LogP contribution in [0, 0.1) is 0 Å². The molecule has 0 unspecified atom stereocenters. The Hall–Kier alpha value is -2.10. The van der Waals surface area contributed by atoms with E-state index in [4.69, 9.17) is 16.7 Å². The van der Waals surface area contributed by atoms with E-state index in [1.165, 1.54) is 12.1 Å². The van der Waals surface area contributed by atoms with Crippen molar-refractivity contribution >= 4 is 32.9 Å². The Morgan fingerprint density at radius 2 is 2.08 bits per heavy atom. The van der Waals surface area contributed by atoms with E-state index in [0.717, 1.165) is 6.26 Å². The Morgan fingerprint density at radius 3 is 2.65 bits per heavy atom. The number of aromatic hydroxyl groups is 1. The number of aliphatic hydroxyl groups is 1. The maximum Gasteiger partial charge on any atom is 0.218 e. The minimum atomic E-state index is -3.60. The highest BCUT2D eigenvalue weighted by Crippen LogP contribution is 2.35. The first-order valence-corrected chi connectivity index (χ1v) is 10.2. The first-order chi connectivity index (χ1) is 12.2. The number of anilines is 1. The number of carbonyl (C=O) groups excluding carboxylic acids is 1. The number of sulfone groups is 1. The van der Waals surface area contributed by atoms with E-state index in [1.807, 2.05) is 0 Å². The van der Waals surface area contributed by atoms with Crippen molar-refractivity contribution in [3.63, 3.8) is 0 Å². The molecular formula is C16H20ClN3O5S. The Labute approximate surface area is 156 Å². The number of halogens is 1. The molecule has 1 heterocycles. The highest BCUT2D eigenvalue weighted by atomic mass is 35.5. The number of H-pyrrole nitrogens is 1. The first kappa shape index (κ1) is 20.2. The second-order valence-electron chi connectivity index (χ2n) is 5.65. The summed E-state index contributed by atoms with van der Waals surface area (Å²) in [5.74, 6) is -0.937. The summed E-state index contributed by atoms with van der Waals surface area (Å²) in [5, 5.41) is 27.8. The van der Waals surface area contributed by atoms with Crippen molar-refractivity contribution < 1.29 is 23.4 Å². The summed E-state index contributed by atoms with van der Waals surface area (Å²) in [5.41, 5.74) is 0.514. The van der Waals surface area contributed by atoms with Crippen molar-refractivity contribution in [1.82, 2.24) is 10.2 Å². The van der Waals surface area contributed by atoms with Crippen molar-refractivity contribution in [2.45, 2.75) is 24.7 Å². The summed E-state index contributed by atoms with van der Waals surface area (Å²) in [4.78, 5) is 12.8. The third kappa shape index (κ3) is 4.00. The number of carbonyl (C=O) groups is 1. The zero-order valence-corrected chi connectivity index (χ0v) is 15.9. The predicted molar refractivity (Wildman–Crippen MR) is 97.8 cm³/mol. The monoisotopic (exact) mass is 401 g/mol. The minimum Gasteiger partial charge on any atom is -0.493 e. The van der Waals surface area contributed by atoms with Gasteiger partial charge in [-0.3, -0.25) is 4.79 Å². The lowest BCUT2D eigenvalue weighted by Gasteiger charge is -2.15. The molecule has 2 aromatic rings. The van der Waals surface area contributed by atoms with Crippen molar-refractivity contribution in [3.05, 3.63) is 34.0 Å². The number of ketones is 1. The number of hydrogen-bond donors (Lipinski definition) is 4. The van der Waals surface area contributed by atoms with Crippen LogP contribution in [-0.4, -0.2) is 54.0 Å². The molecule has 0 bridgehead atoms. The maximum atomic E-state index is 12.9. The smallest absolute Gasteiger partial charge is 0.218 e. The quantitative estimate of drug-likeness (QED) is 0.391. The summed E-state index contributed by atoms with van der Waals surface area (Å²) >= 11 is 6.34. The van der Waals surface area contributed by atoms with Gasteiger partial charge in [-0.1, -0.05) is 18.5 Å². The van der Waals surface area contributed by atoms with Gasteiger partial charge >= 0.3 is 0 Å². The number of aliphatic hydroxyl groups excluding tert-OH is 1. The zero-order valence-electron chi connectivity index (χ0n) is 14.3. The fourth-order valence-electron chi connectivity index (χ4n) is 2.50. The van der Waals surface area contributed by atoms with Gasteiger partial charge in [-0.25, -0.2) is 13.5 Å². The van der Waals surface area contributed by atoms with Gasteiger partial charge < -0.3 is 15.5 Å². The Morgan fingerprint density at radius 1 is 1.38 bits per heavy atom. The maximum absolute atomic E-state index is 12.9. The van der Waals surface area contributed by atoms with Crippen LogP contribution in [0.25, 0.3) is 0 Å². The first-order valence-electron chi connectivity index (χ1n) is 7.90. The highest BCUT2D eigenvalue weighted by molar-refractivity contribution is 7.90. The average Bonchev–Trinajstić information content (AvgIpc) is 2.95. The van der Waals surface area contributed by atoms with Gasteiger partial charge in [0.1, 0.15) is 5.56 Å². The number of aryl methyl sites for hydroxylation is 1. The number of nitrogens with zero attached hydrogens (tertiary/aromatic N) is 1. The van der Waals surface area contributed by atoms with Crippen molar-refractivity contribution in [3.8, 4) is 5.88 Å². The average molecular weight is 402 g/mol. The highest BCUT2D eigenvalue weighted by Gasteiger charge is 2.26. The van der Waals surface area contributed by atoms with Gasteiger partial charge in [0.05, 0.1) is 21.3 Å². The zero-order chi connectivity index (χ0) is 19.5. The molecule has 26 heavy (non-hydrogen) atoms. The van der Waals surface area contributed by atoms with E-state index in [-0.39, 0.29) is 45.8 Å². The fraction of sp³-hybridized carbons (Fsp3) is 0.375. The normalized spacial score (nSPS) is 11.5. The summed E-state index contributed by atoms with van der Waals surface area (Å²) < 4.78 is 24.0. The lowest BCUT2D eigenvalue weighted by Crippen LogP contribution is -2.12. The molecule has 0 amide bonds. The van der Waals surface area contributed by atoms with Crippen LogP contribution in [0.15, 0.2) is 17.0 Å². The Balaban J connectivity index is 2.58. The van der Waals surface area contributed by atoms with Gasteiger partial charge in [0, 0.05) is 25.0 Å². The molecule has 1 aromatic heterocycles. The molecule has 4 N–H and O–H groups in total. The Bertz CT molecular complexity index is 924. The number of benzene rings is 1. The lowest BCUT2D eigenvalue weighted by atomic mass is 10.0. The molecule has 142 valence electrons. The van der Waals surface area contributed by atoms with Crippen LogP contribution in [0.5, 0.6) is 5.88 Å². The summed E-state index contributed by atoms with van der Waals surface area (Å²) in [6, 6.07) is 2.60. The summed E-state index contributed by atoms with van der Waals surface area (Å²) in [7, 11) is -3.60. The number of aromatic amines is 1. The molecule has 0 radical (unpaired) electrons. The SMILES string of the molecule is CCc1n[nH]c(O)c1C(=O)c1ccc(S(C)(=O)=O)c(NCCCO)c1Cl. The molecule has 10 heteroatoms. The molecule has 0 aliphatic carbocycles. The van der Waals surface area contributed by atoms with Crippen LogP contribution in [0.1, 0.15) is 35.0 Å². The molecule has 0 aliphatic rings. The summed E-state index contributed by atoms with van der Waals surface area (Å²) in [6.45, 7) is 1.97. The lowest BCUT2D eigenvalue weighted by molar-refractivity contribution is 0.103. The number of rotatable bonds is 8. The molecule has 2 rings (SSSR count). The largest absolute Gasteiger partial charge is 0.493 e. The number of aromatic nitrogens is 2. The van der Waals surface area contributed by atoms with E-state index in [1.54, 1.807) is 6.92 Å². The van der Waals surface area contributed by atoms with Gasteiger partial charge in [0.2, 0.25) is 11.7 Å². The molecule has 0 spiro atoms. The predicted octanol–water partition coefficient (Wildman–Crippen LogP) is 1.76. The third-order valence-electron chi connectivity index (χ3n) is 3.77. The second-order valence-corrected chi connectivity index (χ2v) is 8.02. The second kappa shape index (κ2) is 8.07. The van der Waals surface area contributed by atoms with Gasteiger partial charge in [-0.2, -0.15) is 5.10 Å². The van der Waals surface area contributed by atoms with Crippen LogP contribution in [0.4, 0.5) is 5.69 Å². The van der Waals surface area contributed by atoms with E-state index in [0.29, 0.717) is 18.5 Å². The summed E-state index contributed by atoms with van der Waals surface area (Å²) in [6.07, 6.45) is 1.83. The van der Waals surface area contributed by atoms with Gasteiger partial charge in [0.25, 0.3) is 0 Å². The molecule has 0 aliphatic heterocycles. The molecule has 0 fully saturated rings. The van der Waals surface area contributed by atoms with Gasteiger partial charge in [-0.15, -0.1) is 0 Å². The third-order valence-corrected chi connectivity index (χ3v) is 5.30. The molecule has 0 saturated carbocycles. The van der Waals surface area contributed by atoms with Crippen LogP contribution in [0.2, 0.25) is 5.02 Å². The Kier molecular flexibility index (Phi) is 6.27. The number of hydrogen-bond acceptors (Lipinski definition) is 7. The molecule has 8 nitrogen and oxygen atoms in total. The van der Waals surface area contributed by atoms with Gasteiger partial charge in [-0.05, 0) is 25.0 Å². The molecule has 0 atom stereocenters. The molecule has 0 saturated heterocycles. The van der Waals surface area contributed by atoms with E-state index < -0.39 is 15.6 Å². The molecular weight excluding hydrogens is 382 g/mol. The van der Waals surface area contributed by atoms with E-state index >= 15 is 0 Å². The van der Waals surface area contributed by atoms with Crippen LogP contribution in [-0.2, 0) is 16.3 Å². The van der Waals surface area contributed by atoms with Crippen LogP contribution < -0.4 is 5.32 Å². The topological polar surface area (TPSA) is 132 Å². The van der Waals surface area contributed by atoms with Crippen LogP contribution in [0.3, 0.4) is 0 Å².